The first-order valence-electron chi connectivity index (χ1n) is 8.37. The van der Waals surface area contributed by atoms with Gasteiger partial charge in [-0.15, -0.1) is 0 Å². The van der Waals surface area contributed by atoms with Crippen LogP contribution in [0.25, 0.3) is 0 Å². The predicted octanol–water partition coefficient (Wildman–Crippen LogP) is 1.77. The Morgan fingerprint density at radius 1 is 1.25 bits per heavy atom. The summed E-state index contributed by atoms with van der Waals surface area (Å²) >= 11 is 0. The lowest BCUT2D eigenvalue weighted by molar-refractivity contribution is 0.0729. The minimum absolute atomic E-state index is 0.0544. The molecule has 1 aliphatic heterocycles. The molecule has 0 saturated carbocycles. The molecule has 1 aromatic rings. The van der Waals surface area contributed by atoms with Crippen molar-refractivity contribution in [2.45, 2.75) is 38.5 Å². The van der Waals surface area contributed by atoms with Crippen LogP contribution < -0.4 is 5.32 Å². The Labute approximate surface area is 144 Å². The van der Waals surface area contributed by atoms with E-state index in [4.69, 9.17) is 4.74 Å². The van der Waals surface area contributed by atoms with E-state index in [0.717, 1.165) is 12.8 Å². The van der Waals surface area contributed by atoms with Gasteiger partial charge < -0.3 is 10.1 Å². The van der Waals surface area contributed by atoms with Crippen LogP contribution in [0.4, 0.5) is 0 Å². The van der Waals surface area contributed by atoms with Crippen LogP contribution in [0.5, 0.6) is 0 Å². The molecule has 0 aromatic heterocycles. The molecule has 1 aromatic carbocycles. The summed E-state index contributed by atoms with van der Waals surface area (Å²) in [5.41, 5.74) is 1.23. The van der Waals surface area contributed by atoms with E-state index in [2.05, 4.69) is 12.2 Å². The lowest BCUT2D eigenvalue weighted by Crippen LogP contribution is -2.41. The monoisotopic (exact) mass is 354 g/mol. The van der Waals surface area contributed by atoms with E-state index < -0.39 is 10.0 Å². The zero-order chi connectivity index (χ0) is 17.6. The van der Waals surface area contributed by atoms with E-state index in [9.17, 15) is 13.2 Å². The molecule has 1 atom stereocenters. The van der Waals surface area contributed by atoms with Crippen LogP contribution in [-0.4, -0.2) is 51.0 Å². The first-order chi connectivity index (χ1) is 11.4. The quantitative estimate of drug-likeness (QED) is 0.810. The summed E-state index contributed by atoms with van der Waals surface area (Å²) < 4.78 is 31.4. The Morgan fingerprint density at radius 2 is 1.88 bits per heavy atom. The molecule has 0 spiro atoms. The smallest absolute Gasteiger partial charge is 0.251 e. The first-order valence-corrected chi connectivity index (χ1v) is 9.98. The molecule has 7 heteroatoms. The molecular formula is C17H26N2O4S. The molecule has 1 saturated heterocycles. The maximum atomic E-state index is 12.4. The summed E-state index contributed by atoms with van der Waals surface area (Å²) in [6, 6.07) is 6.90. The molecule has 1 N–H and O–H groups in total. The fraction of sp³-hybridized carbons (Fsp3) is 0.588. The van der Waals surface area contributed by atoms with Gasteiger partial charge in [0.05, 0.1) is 19.0 Å². The molecule has 0 aliphatic carbocycles. The third-order valence-corrected chi connectivity index (χ3v) is 5.88. The largest absolute Gasteiger partial charge is 0.379 e. The summed E-state index contributed by atoms with van der Waals surface area (Å²) in [5.74, 6) is -0.181. The molecule has 1 fully saturated rings. The number of amides is 1. The van der Waals surface area contributed by atoms with Gasteiger partial charge in [0, 0.05) is 24.7 Å². The van der Waals surface area contributed by atoms with Crippen molar-refractivity contribution in [2.24, 2.45) is 0 Å². The number of carbonyl (C=O) groups excluding carboxylic acids is 1. The maximum Gasteiger partial charge on any atom is 0.251 e. The second-order valence-electron chi connectivity index (χ2n) is 6.13. The van der Waals surface area contributed by atoms with Gasteiger partial charge >= 0.3 is 0 Å². The normalized spacial score (nSPS) is 17.4. The Kier molecular flexibility index (Phi) is 6.77. The van der Waals surface area contributed by atoms with Crippen molar-refractivity contribution >= 4 is 15.9 Å². The van der Waals surface area contributed by atoms with Crippen LogP contribution in [0.3, 0.4) is 0 Å². The summed E-state index contributed by atoms with van der Waals surface area (Å²) in [6.45, 7) is 5.73. The van der Waals surface area contributed by atoms with E-state index >= 15 is 0 Å². The Morgan fingerprint density at radius 3 is 2.46 bits per heavy atom. The number of ether oxygens (including phenoxy) is 1. The average Bonchev–Trinajstić information content (AvgIpc) is 2.56. The van der Waals surface area contributed by atoms with E-state index in [1.807, 2.05) is 6.92 Å². The molecule has 2 rings (SSSR count). The van der Waals surface area contributed by atoms with Crippen LogP contribution >= 0.6 is 0 Å². The van der Waals surface area contributed by atoms with Crippen LogP contribution in [-0.2, 0) is 20.5 Å². The van der Waals surface area contributed by atoms with E-state index in [-0.39, 0.29) is 17.7 Å². The van der Waals surface area contributed by atoms with E-state index in [0.29, 0.717) is 37.4 Å². The molecule has 1 amide bonds. The lowest BCUT2D eigenvalue weighted by atomic mass is 10.1. The van der Waals surface area contributed by atoms with Gasteiger partial charge in [0.2, 0.25) is 10.0 Å². The van der Waals surface area contributed by atoms with E-state index in [1.54, 1.807) is 24.3 Å². The van der Waals surface area contributed by atoms with Crippen molar-refractivity contribution in [3.63, 3.8) is 0 Å². The number of hydrogen-bond donors (Lipinski definition) is 1. The number of nitrogens with one attached hydrogen (secondary N) is 1. The van der Waals surface area contributed by atoms with Crippen LogP contribution in [0.2, 0.25) is 0 Å². The second kappa shape index (κ2) is 8.60. The minimum atomic E-state index is -3.34. The van der Waals surface area contributed by atoms with Gasteiger partial charge in [-0.2, -0.15) is 4.31 Å². The maximum absolute atomic E-state index is 12.4. The molecule has 1 heterocycles. The van der Waals surface area contributed by atoms with Crippen molar-refractivity contribution in [1.29, 1.82) is 0 Å². The number of sulfonamides is 1. The van der Waals surface area contributed by atoms with Gasteiger partial charge in [-0.1, -0.05) is 25.5 Å². The molecule has 0 bridgehead atoms. The number of morpholine rings is 1. The third kappa shape index (κ3) is 5.29. The molecule has 24 heavy (non-hydrogen) atoms. The number of rotatable bonds is 7. The van der Waals surface area contributed by atoms with Crippen LogP contribution in [0, 0.1) is 0 Å². The zero-order valence-electron chi connectivity index (χ0n) is 14.3. The number of hydrogen-bond acceptors (Lipinski definition) is 4. The molecule has 1 aliphatic rings. The molecule has 134 valence electrons. The van der Waals surface area contributed by atoms with Crippen molar-refractivity contribution in [3.8, 4) is 0 Å². The fourth-order valence-corrected chi connectivity index (χ4v) is 4.19. The van der Waals surface area contributed by atoms with Gasteiger partial charge in [-0.3, -0.25) is 4.79 Å². The zero-order valence-corrected chi connectivity index (χ0v) is 15.1. The van der Waals surface area contributed by atoms with E-state index in [1.165, 1.54) is 4.31 Å². The highest BCUT2D eigenvalue weighted by Gasteiger charge is 2.24. The average molecular weight is 354 g/mol. The highest BCUT2D eigenvalue weighted by atomic mass is 32.2. The Bertz CT molecular complexity index is 637. The van der Waals surface area contributed by atoms with Crippen molar-refractivity contribution in [2.75, 3.05) is 26.3 Å². The fourth-order valence-electron chi connectivity index (χ4n) is 2.69. The second-order valence-corrected chi connectivity index (χ2v) is 8.10. The van der Waals surface area contributed by atoms with Crippen molar-refractivity contribution in [3.05, 3.63) is 35.4 Å². The lowest BCUT2D eigenvalue weighted by Gasteiger charge is -2.26. The standard InChI is InChI=1S/C17H26N2O4S/c1-3-4-14(2)18-17(20)16-7-5-15(6-8-16)13-24(21,22)19-9-11-23-12-10-19/h5-8,14H,3-4,9-13H2,1-2H3,(H,18,20)/t14-/m0/s1. The topological polar surface area (TPSA) is 75.7 Å². The summed E-state index contributed by atoms with van der Waals surface area (Å²) in [7, 11) is -3.34. The van der Waals surface area contributed by atoms with Crippen molar-refractivity contribution in [1.82, 2.24) is 9.62 Å². The van der Waals surface area contributed by atoms with Gasteiger partial charge in [0.15, 0.2) is 0 Å². The number of benzene rings is 1. The van der Waals surface area contributed by atoms with Gasteiger partial charge in [0.1, 0.15) is 0 Å². The van der Waals surface area contributed by atoms with Gasteiger partial charge in [0.25, 0.3) is 5.91 Å². The van der Waals surface area contributed by atoms with Crippen molar-refractivity contribution < 1.29 is 17.9 Å². The minimum Gasteiger partial charge on any atom is -0.379 e. The van der Waals surface area contributed by atoms with Gasteiger partial charge in [-0.25, -0.2) is 8.42 Å². The predicted molar refractivity (Wildman–Crippen MR) is 93.3 cm³/mol. The highest BCUT2D eigenvalue weighted by molar-refractivity contribution is 7.88. The van der Waals surface area contributed by atoms with Gasteiger partial charge in [-0.05, 0) is 31.0 Å². The molecular weight excluding hydrogens is 328 g/mol. The number of carbonyl (C=O) groups is 1. The Balaban J connectivity index is 1.97. The summed E-state index contributed by atoms with van der Waals surface area (Å²) in [4.78, 5) is 12.1. The first kappa shape index (κ1) is 18.9. The third-order valence-electron chi connectivity index (χ3n) is 4.03. The van der Waals surface area contributed by atoms with Crippen LogP contribution in [0.1, 0.15) is 42.6 Å². The number of nitrogens with zero attached hydrogens (tertiary/aromatic N) is 1. The summed E-state index contributed by atoms with van der Waals surface area (Å²) in [5, 5.41) is 2.94. The SMILES string of the molecule is CCC[C@H](C)NC(=O)c1ccc(CS(=O)(=O)N2CCOCC2)cc1. The summed E-state index contributed by atoms with van der Waals surface area (Å²) in [6.07, 6.45) is 1.95. The molecule has 0 radical (unpaired) electrons. The molecule has 0 unspecified atom stereocenters. The molecule has 6 nitrogen and oxygen atoms in total. The van der Waals surface area contributed by atoms with Crippen LogP contribution in [0.15, 0.2) is 24.3 Å². The Hall–Kier alpha value is -1.44. The highest BCUT2D eigenvalue weighted by Crippen LogP contribution is 2.14.